The Hall–Kier alpha value is -11.0. The number of aliphatic carboxylic acids is 1. The van der Waals surface area contributed by atoms with Gasteiger partial charge in [-0.25, -0.2) is 0 Å². The summed E-state index contributed by atoms with van der Waals surface area (Å²) in [5.74, 6) is -23.7. The van der Waals surface area contributed by atoms with E-state index in [0.717, 1.165) is 49.1 Å². The molecule has 0 saturated carbocycles. The number of carboxylic acid groups (broad SMARTS) is 1. The summed E-state index contributed by atoms with van der Waals surface area (Å²) in [6, 6.07) is -20.4. The molecule has 3 rings (SSSR count). The molecule has 2 aliphatic heterocycles. The highest BCUT2D eigenvalue weighted by Crippen LogP contribution is 2.25. The van der Waals surface area contributed by atoms with Crippen LogP contribution in [0.2, 0.25) is 0 Å². The molecule has 18 amide bonds. The van der Waals surface area contributed by atoms with Crippen LogP contribution in [0.1, 0.15) is 150 Å². The lowest BCUT2D eigenvalue weighted by atomic mass is 10.0. The number of rotatable bonds is 27. The number of aliphatic hydroxyl groups excluding tert-OH is 1. The summed E-state index contributed by atoms with van der Waals surface area (Å²) in [6.07, 6.45) is -4.09. The van der Waals surface area contributed by atoms with Crippen molar-refractivity contribution < 1.29 is 101 Å². The van der Waals surface area contributed by atoms with Gasteiger partial charge in [-0.1, -0.05) is 45.9 Å². The normalized spacial score (nSPS) is 25.4. The third-order valence-electron chi connectivity index (χ3n) is 19.4. The molecule has 47 nitrogen and oxygen atoms in total. The first-order valence-corrected chi connectivity index (χ1v) is 45.6. The summed E-state index contributed by atoms with van der Waals surface area (Å²) in [5, 5.41) is 81.6. The number of amides is 18. The summed E-state index contributed by atoms with van der Waals surface area (Å²) < 4.78 is 0. The number of aliphatic hydroxyl groups is 1. The van der Waals surface area contributed by atoms with Crippen molar-refractivity contribution in [3.63, 3.8) is 0 Å². The number of nitrogens with one attached hydrogen (secondary N) is 20. The van der Waals surface area contributed by atoms with E-state index in [1.165, 1.54) is 34.6 Å². The molecule has 716 valence electrons. The predicted octanol–water partition coefficient (Wildman–Crippen LogP) is -8.90. The van der Waals surface area contributed by atoms with Gasteiger partial charge < -0.3 is 140 Å². The molecule has 0 unspecified atom stereocenters. The molecule has 0 spiro atoms. The van der Waals surface area contributed by atoms with Crippen LogP contribution in [0, 0.1) is 22.7 Å². The van der Waals surface area contributed by atoms with Crippen molar-refractivity contribution in [1.29, 1.82) is 10.8 Å². The van der Waals surface area contributed by atoms with Crippen molar-refractivity contribution in [3.8, 4) is 0 Å². The average molecular weight is 1880 g/mol. The van der Waals surface area contributed by atoms with Gasteiger partial charge >= 0.3 is 5.97 Å². The van der Waals surface area contributed by atoms with E-state index in [-0.39, 0.29) is 99.1 Å². The summed E-state index contributed by atoms with van der Waals surface area (Å²) in [6.45, 7) is 11.8. The molecule has 51 heteroatoms. The second kappa shape index (κ2) is 57.0. The zero-order valence-corrected chi connectivity index (χ0v) is 76.4. The fourth-order valence-electron chi connectivity index (χ4n) is 12.4. The lowest BCUT2D eigenvalue weighted by Crippen LogP contribution is -2.62. The van der Waals surface area contributed by atoms with Crippen molar-refractivity contribution in [1.82, 2.24) is 95.7 Å². The Bertz CT molecular complexity index is 4080. The SMILES string of the molecule is CC(C)C[C@@H]1NC(=O)[C@@H]2CSCc3cc(cc(c3)CSC[C@@H](C(=O)NCC(N)=O)NC(=O)[C@H]([C@@H](C)O)NC(=O)[C@H](CCCNC(=N)N)NC(=O)[C@H](CC(=O)O)NC(=O)[C@H](C)NC(=O)[C@H](C)NC1=O)CSC[C@H](NC(=O)[C@H](C)N)C(=O)N[C@@H](CCCNC(=N)N)C(=O)N[C@@H](C)C(=O)N[C@@H](CCCCN)C(=O)N[C@@H](CCC(N)=O)C(=O)N[C@@H](C(C)C)C(=O)N[C@@H](CS)C(=O)N2. The van der Waals surface area contributed by atoms with Crippen LogP contribution in [0.4, 0.5) is 0 Å². The second-order valence-electron chi connectivity index (χ2n) is 31.6. The molecule has 17 atom stereocenters. The van der Waals surface area contributed by atoms with Crippen molar-refractivity contribution in [2.24, 2.45) is 46.2 Å². The Morgan fingerprint density at radius 3 is 1.34 bits per heavy atom. The monoisotopic (exact) mass is 1880 g/mol. The smallest absolute Gasteiger partial charge is 0.305 e. The number of benzene rings is 1. The molecule has 0 saturated heterocycles. The number of carboxylic acids is 1. The first-order valence-electron chi connectivity index (χ1n) is 41.5. The van der Waals surface area contributed by atoms with Crippen LogP contribution in [-0.2, 0) is 108 Å². The molecule has 128 heavy (non-hydrogen) atoms. The number of thioether (sulfide) groups is 3. The van der Waals surface area contributed by atoms with Crippen LogP contribution < -0.4 is 130 Å². The van der Waals surface area contributed by atoms with Gasteiger partial charge in [0.15, 0.2) is 11.9 Å². The summed E-state index contributed by atoms with van der Waals surface area (Å²) in [5.41, 5.74) is 35.3. The van der Waals surface area contributed by atoms with E-state index in [2.05, 4.69) is 108 Å². The van der Waals surface area contributed by atoms with E-state index in [0.29, 0.717) is 23.1 Å². The molecule has 2 heterocycles. The van der Waals surface area contributed by atoms with E-state index in [1.807, 2.05) is 0 Å². The molecule has 34 N–H and O–H groups in total. The number of guanidine groups is 2. The molecule has 2 aliphatic rings. The van der Waals surface area contributed by atoms with Crippen LogP contribution >= 0.6 is 47.9 Å². The van der Waals surface area contributed by atoms with Gasteiger partial charge in [-0.05, 0) is 127 Å². The van der Waals surface area contributed by atoms with E-state index in [4.69, 9.17) is 45.2 Å². The number of carbonyl (C=O) groups excluding carboxylic acids is 18. The van der Waals surface area contributed by atoms with Crippen LogP contribution in [0.15, 0.2) is 18.2 Å². The zero-order valence-electron chi connectivity index (χ0n) is 73.0. The Morgan fingerprint density at radius 2 is 0.875 bits per heavy atom. The fraction of sp³-hybridized carbons (Fsp3) is 0.649. The second-order valence-corrected chi connectivity index (χ2v) is 35.1. The van der Waals surface area contributed by atoms with Gasteiger partial charge in [-0.15, -0.1) is 0 Å². The van der Waals surface area contributed by atoms with Gasteiger partial charge in [-0.2, -0.15) is 47.9 Å². The number of unbranched alkanes of at least 4 members (excludes halogenated alkanes) is 1. The van der Waals surface area contributed by atoms with Gasteiger partial charge in [0.25, 0.3) is 0 Å². The first kappa shape index (κ1) is 111. The summed E-state index contributed by atoms with van der Waals surface area (Å²) >= 11 is 7.55. The minimum atomic E-state index is -2.00. The maximum atomic E-state index is 15.2. The Balaban J connectivity index is 2.52. The molecule has 0 aliphatic carbocycles. The highest BCUT2D eigenvalue weighted by atomic mass is 32.2. The Morgan fingerprint density at radius 1 is 0.469 bits per heavy atom. The number of hydrogen-bond acceptors (Lipinski definition) is 28. The highest BCUT2D eigenvalue weighted by molar-refractivity contribution is 7.99. The molecule has 0 fully saturated rings. The Labute approximate surface area is 759 Å². The van der Waals surface area contributed by atoms with Crippen LogP contribution in [0.5, 0.6) is 0 Å². The molecular weight excluding hydrogens is 1750 g/mol. The average Bonchev–Trinajstić information content (AvgIpc) is 0.886. The number of thiol groups is 1. The summed E-state index contributed by atoms with van der Waals surface area (Å²) in [4.78, 5) is 267. The van der Waals surface area contributed by atoms with Crippen molar-refractivity contribution in [3.05, 3.63) is 34.9 Å². The molecule has 0 radical (unpaired) electrons. The standard InChI is InChI=1S/C77H128N26O21S4/c1-35(2)22-49-69(118)91-38(6)61(110)89-39(7)63(112)96-50(26-57(107)108)70(119)93-47(16-13-21-87-77(84)85)67(116)103-59(41(9)104)75(124)101-52(64(113)88-27-56(81)106)32-126-29-42-23-43-25-44(24-42)31-128-34-54(73(122)97-49)100-71(120)51(28-125)98-74(123)58(36(3)4)102-68(117)48(17-18-55(80)105)95-66(115)45(14-10-11-19-78)92-62(111)40(8)90-65(114)46(15-12-20-86-76(82)83)94-72(121)53(33-127-30-43)99-60(109)37(5)79/h23-25,35-41,45-54,58-59,104,125H,10-22,26-34,78-79H2,1-9H3,(H2,80,105)(H2,81,106)(H,88,113)(H,89,110)(H,90,114)(H,91,118)(H,92,111)(H,93,119)(H,94,121)(H,95,115)(H,96,112)(H,97,122)(H,98,123)(H,99,109)(H,100,120)(H,101,124)(H,102,117)(H,103,116)(H,107,108)(H4,82,83,86)(H4,84,85,87)/t37-,38-,39-,40-,41+,45-,46-,47-,48-,49-,50-,51-,52-,53-,54-,58-,59-/m0/s1. The number of primary amides is 2. The Kier molecular flexibility index (Phi) is 49.5. The maximum Gasteiger partial charge on any atom is 0.305 e. The van der Waals surface area contributed by atoms with E-state index in [9.17, 15) is 96.5 Å². The lowest BCUT2D eigenvalue weighted by Gasteiger charge is -2.29. The maximum absolute atomic E-state index is 15.2. The lowest BCUT2D eigenvalue weighted by molar-refractivity contribution is -0.141. The van der Waals surface area contributed by atoms with Crippen molar-refractivity contribution >= 4 is 172 Å². The van der Waals surface area contributed by atoms with Gasteiger partial charge in [0, 0.05) is 59.8 Å². The van der Waals surface area contributed by atoms with Crippen molar-refractivity contribution in [2.75, 3.05) is 49.2 Å². The largest absolute Gasteiger partial charge is 0.481 e. The van der Waals surface area contributed by atoms with Crippen LogP contribution in [0.3, 0.4) is 0 Å². The number of hydrogen-bond donors (Lipinski definition) is 29. The topological polar surface area (TPSA) is 785 Å². The minimum Gasteiger partial charge on any atom is -0.481 e. The predicted molar refractivity (Wildman–Crippen MR) is 478 cm³/mol. The fourth-order valence-corrected chi connectivity index (χ4v) is 15.6. The van der Waals surface area contributed by atoms with E-state index < -0.39 is 270 Å². The zero-order chi connectivity index (χ0) is 96.4. The minimum absolute atomic E-state index is 0.00865. The molecule has 4 bridgehead atoms. The molecule has 1 aromatic rings. The third-order valence-corrected chi connectivity index (χ3v) is 23.1. The van der Waals surface area contributed by atoms with Gasteiger partial charge in [-0.3, -0.25) is 102 Å². The highest BCUT2D eigenvalue weighted by Gasteiger charge is 2.40. The van der Waals surface area contributed by atoms with E-state index >= 15 is 4.79 Å². The van der Waals surface area contributed by atoms with E-state index in [1.54, 1.807) is 32.0 Å². The molecular formula is C77H128N26O21S4. The molecule has 0 aromatic heterocycles. The number of carbonyl (C=O) groups is 19. The first-order chi connectivity index (χ1) is 60.1. The summed E-state index contributed by atoms with van der Waals surface area (Å²) in [7, 11) is 0. The van der Waals surface area contributed by atoms with Crippen LogP contribution in [0.25, 0.3) is 0 Å². The number of nitrogens with two attached hydrogens (primary N) is 6. The van der Waals surface area contributed by atoms with Gasteiger partial charge in [0.05, 0.1) is 25.1 Å². The quantitative estimate of drug-likeness (QED) is 0.0168. The van der Waals surface area contributed by atoms with Gasteiger partial charge in [0.2, 0.25) is 106 Å². The van der Waals surface area contributed by atoms with Crippen LogP contribution in [-0.4, -0.2) is 286 Å². The van der Waals surface area contributed by atoms with Gasteiger partial charge in [0.1, 0.15) is 90.6 Å². The number of fused-ring (bicyclic) bond motifs is 5. The third kappa shape index (κ3) is 41.4. The molecule has 1 aromatic carbocycles. The van der Waals surface area contributed by atoms with Crippen molar-refractivity contribution in [2.45, 2.75) is 253 Å².